The summed E-state index contributed by atoms with van der Waals surface area (Å²) in [7, 11) is 0. The molecule has 1 spiro atoms. The van der Waals surface area contributed by atoms with Gasteiger partial charge in [0.1, 0.15) is 11.5 Å². The third-order valence-electron chi connectivity index (χ3n) is 8.25. The molecule has 2 aliphatic heterocycles. The third-order valence-corrected chi connectivity index (χ3v) is 8.25. The predicted molar refractivity (Wildman–Crippen MR) is 166 cm³/mol. The van der Waals surface area contributed by atoms with E-state index in [1.54, 1.807) is 0 Å². The van der Waals surface area contributed by atoms with Gasteiger partial charge in [0.15, 0.2) is 5.60 Å². The molecule has 0 fully saturated rings. The number of esters is 1. The molecule has 6 rings (SSSR count). The lowest BCUT2D eigenvalue weighted by Gasteiger charge is -2.38. The number of unbranched alkanes of at least 4 members (excludes halogenated alkanes) is 2. The van der Waals surface area contributed by atoms with Crippen molar-refractivity contribution >= 4 is 23.0 Å². The van der Waals surface area contributed by atoms with Gasteiger partial charge in [-0.05, 0) is 68.1 Å². The fraction of sp³-hybridized carbons (Fsp3) is 0.306. The number of ether oxygens (including phenoxy) is 2. The van der Waals surface area contributed by atoms with Crippen LogP contribution in [0.15, 0.2) is 78.9 Å². The van der Waals surface area contributed by atoms with E-state index in [1.807, 2.05) is 48.5 Å². The van der Waals surface area contributed by atoms with E-state index in [0.717, 1.165) is 83.7 Å². The number of para-hydroxylation sites is 2. The van der Waals surface area contributed by atoms with Crippen LogP contribution in [-0.2, 0) is 10.3 Å². The molecule has 0 aromatic heterocycles. The summed E-state index contributed by atoms with van der Waals surface area (Å²) in [5, 5.41) is 3.73. The number of hydrogen-bond acceptors (Lipinski definition) is 5. The zero-order valence-electron chi connectivity index (χ0n) is 24.4. The van der Waals surface area contributed by atoms with E-state index in [9.17, 15) is 4.79 Å². The van der Waals surface area contributed by atoms with Gasteiger partial charge in [-0.15, -0.1) is 0 Å². The lowest BCUT2D eigenvalue weighted by molar-refractivity contribution is 0.0226. The maximum absolute atomic E-state index is 14.3. The SMILES string of the molecule is CCCCN(CCCC)c1cc(C)c(Nc2cccc(C)c2)c2c1C(=O)OC21c2ccccc2Oc2ccccc21. The highest BCUT2D eigenvalue weighted by Gasteiger charge is 2.56. The summed E-state index contributed by atoms with van der Waals surface area (Å²) in [5.41, 5.74) is 7.09. The van der Waals surface area contributed by atoms with Crippen LogP contribution in [0.3, 0.4) is 0 Å². The molecule has 0 amide bonds. The minimum atomic E-state index is -1.15. The second-order valence-electron chi connectivity index (χ2n) is 11.2. The van der Waals surface area contributed by atoms with E-state index < -0.39 is 5.60 Å². The van der Waals surface area contributed by atoms with Gasteiger partial charge in [-0.3, -0.25) is 0 Å². The molecule has 2 aliphatic rings. The van der Waals surface area contributed by atoms with Crippen molar-refractivity contribution in [2.45, 2.75) is 59.0 Å². The van der Waals surface area contributed by atoms with E-state index in [4.69, 9.17) is 9.47 Å². The second-order valence-corrected chi connectivity index (χ2v) is 11.2. The summed E-state index contributed by atoms with van der Waals surface area (Å²) in [6.07, 6.45) is 4.29. The molecule has 4 aromatic rings. The molecule has 0 bridgehead atoms. The molecule has 210 valence electrons. The first-order chi connectivity index (χ1) is 20.0. The largest absolute Gasteiger partial charge is 0.456 e. The molecule has 0 atom stereocenters. The normalized spacial score (nSPS) is 14.1. The molecule has 0 saturated carbocycles. The Kier molecular flexibility index (Phi) is 7.21. The van der Waals surface area contributed by atoms with Crippen molar-refractivity contribution in [2.24, 2.45) is 0 Å². The van der Waals surface area contributed by atoms with Crippen molar-refractivity contribution in [3.63, 3.8) is 0 Å². The van der Waals surface area contributed by atoms with Gasteiger partial charge in [0.2, 0.25) is 0 Å². The highest BCUT2D eigenvalue weighted by molar-refractivity contribution is 6.05. The van der Waals surface area contributed by atoms with E-state index in [2.05, 4.69) is 68.2 Å². The van der Waals surface area contributed by atoms with Crippen molar-refractivity contribution in [3.8, 4) is 11.5 Å². The first-order valence-electron chi connectivity index (χ1n) is 14.8. The van der Waals surface area contributed by atoms with Gasteiger partial charge in [0.25, 0.3) is 0 Å². The van der Waals surface area contributed by atoms with Gasteiger partial charge in [0, 0.05) is 35.5 Å². The lowest BCUT2D eigenvalue weighted by Crippen LogP contribution is -2.33. The molecule has 4 aromatic carbocycles. The summed E-state index contributed by atoms with van der Waals surface area (Å²) in [6, 6.07) is 26.4. The maximum atomic E-state index is 14.3. The summed E-state index contributed by atoms with van der Waals surface area (Å²) >= 11 is 0. The second kappa shape index (κ2) is 11.0. The summed E-state index contributed by atoms with van der Waals surface area (Å²) in [5.74, 6) is 1.10. The van der Waals surface area contributed by atoms with Gasteiger partial charge >= 0.3 is 5.97 Å². The minimum Gasteiger partial charge on any atom is -0.456 e. The molecule has 5 nitrogen and oxygen atoms in total. The zero-order chi connectivity index (χ0) is 28.6. The van der Waals surface area contributed by atoms with Gasteiger partial charge in [-0.2, -0.15) is 0 Å². The highest BCUT2D eigenvalue weighted by Crippen LogP contribution is 2.59. The smallest absolute Gasteiger partial charge is 0.342 e. The van der Waals surface area contributed by atoms with Crippen molar-refractivity contribution in [2.75, 3.05) is 23.3 Å². The molecule has 0 unspecified atom stereocenters. The number of fused-ring (bicyclic) bond motifs is 6. The lowest BCUT2D eigenvalue weighted by atomic mass is 9.76. The number of rotatable bonds is 9. The molecular weight excluding hydrogens is 508 g/mol. The third kappa shape index (κ3) is 4.54. The van der Waals surface area contributed by atoms with Crippen molar-refractivity contribution < 1.29 is 14.3 Å². The number of carbonyl (C=O) groups excluding carboxylic acids is 1. The van der Waals surface area contributed by atoms with Crippen LogP contribution in [0.4, 0.5) is 17.1 Å². The van der Waals surface area contributed by atoms with Crippen LogP contribution in [0.25, 0.3) is 0 Å². The van der Waals surface area contributed by atoms with Crippen LogP contribution in [0, 0.1) is 13.8 Å². The number of carbonyl (C=O) groups is 1. The summed E-state index contributed by atoms with van der Waals surface area (Å²) in [6.45, 7) is 10.4. The van der Waals surface area contributed by atoms with Gasteiger partial charge in [0.05, 0.1) is 16.9 Å². The Morgan fingerprint density at radius 3 is 2.05 bits per heavy atom. The van der Waals surface area contributed by atoms with Crippen LogP contribution >= 0.6 is 0 Å². The van der Waals surface area contributed by atoms with E-state index in [1.165, 1.54) is 0 Å². The molecule has 2 heterocycles. The van der Waals surface area contributed by atoms with Gasteiger partial charge < -0.3 is 19.7 Å². The number of nitrogens with one attached hydrogen (secondary N) is 1. The number of nitrogens with zero attached hydrogens (tertiary/aromatic N) is 1. The first kappa shape index (κ1) is 26.9. The topological polar surface area (TPSA) is 50.8 Å². The number of anilines is 3. The van der Waals surface area contributed by atoms with Crippen LogP contribution in [0.2, 0.25) is 0 Å². The Morgan fingerprint density at radius 2 is 1.44 bits per heavy atom. The Balaban J connectivity index is 1.68. The molecule has 1 N–H and O–H groups in total. The summed E-state index contributed by atoms with van der Waals surface area (Å²) < 4.78 is 13.1. The maximum Gasteiger partial charge on any atom is 0.342 e. The molecular formula is C36H38N2O3. The Hall–Kier alpha value is -4.25. The van der Waals surface area contributed by atoms with Crippen LogP contribution in [0.1, 0.15) is 77.7 Å². The van der Waals surface area contributed by atoms with Gasteiger partial charge in [-0.25, -0.2) is 4.79 Å². The van der Waals surface area contributed by atoms with Crippen molar-refractivity contribution in [1.29, 1.82) is 0 Å². The fourth-order valence-electron chi connectivity index (χ4n) is 6.26. The number of hydrogen-bond donors (Lipinski definition) is 1. The van der Waals surface area contributed by atoms with Crippen LogP contribution < -0.4 is 15.0 Å². The standard InChI is InChI=1S/C36H38N2O3/c1-5-7-20-38(21-8-6-2)29-23-25(4)34(37-26-15-13-14-24(3)22-26)33-32(29)35(39)41-36(33)27-16-9-11-18-30(27)40-31-19-12-10-17-28(31)36/h9-19,22-23,37H,5-8,20-21H2,1-4H3. The average molecular weight is 547 g/mol. The van der Waals surface area contributed by atoms with E-state index in [0.29, 0.717) is 17.1 Å². The monoisotopic (exact) mass is 546 g/mol. The molecule has 5 heteroatoms. The average Bonchev–Trinajstić information content (AvgIpc) is 3.28. The zero-order valence-corrected chi connectivity index (χ0v) is 24.4. The van der Waals surface area contributed by atoms with Crippen molar-refractivity contribution in [3.05, 3.63) is 112 Å². The van der Waals surface area contributed by atoms with E-state index >= 15 is 0 Å². The van der Waals surface area contributed by atoms with Crippen LogP contribution in [0.5, 0.6) is 11.5 Å². The number of benzene rings is 4. The number of aryl methyl sites for hydroxylation is 2. The quantitative estimate of drug-likeness (QED) is 0.212. The molecule has 41 heavy (non-hydrogen) atoms. The summed E-state index contributed by atoms with van der Waals surface area (Å²) in [4.78, 5) is 16.7. The highest BCUT2D eigenvalue weighted by atomic mass is 16.6. The fourth-order valence-corrected chi connectivity index (χ4v) is 6.26. The first-order valence-corrected chi connectivity index (χ1v) is 14.8. The van der Waals surface area contributed by atoms with E-state index in [-0.39, 0.29) is 5.97 Å². The molecule has 0 saturated heterocycles. The minimum absolute atomic E-state index is 0.299. The Morgan fingerprint density at radius 1 is 0.805 bits per heavy atom. The predicted octanol–water partition coefficient (Wildman–Crippen LogP) is 9.02. The van der Waals surface area contributed by atoms with Gasteiger partial charge in [-0.1, -0.05) is 75.2 Å². The van der Waals surface area contributed by atoms with Crippen molar-refractivity contribution in [1.82, 2.24) is 0 Å². The van der Waals surface area contributed by atoms with Crippen LogP contribution in [-0.4, -0.2) is 19.1 Å². The Labute approximate surface area is 243 Å². The Bertz CT molecular complexity index is 1560. The molecule has 0 radical (unpaired) electrons. The molecule has 0 aliphatic carbocycles.